The number of carbonyl (C=O) groups excluding carboxylic acids is 1. The second kappa shape index (κ2) is 7.33. The first-order chi connectivity index (χ1) is 8.15. The molecule has 0 amide bonds. The van der Waals surface area contributed by atoms with Crippen molar-refractivity contribution in [2.75, 3.05) is 12.5 Å². The quantitative estimate of drug-likeness (QED) is 0.418. The summed E-state index contributed by atoms with van der Waals surface area (Å²) in [6.45, 7) is 4.17. The van der Waals surface area contributed by atoms with E-state index in [9.17, 15) is 4.79 Å². The van der Waals surface area contributed by atoms with E-state index in [-0.39, 0.29) is 5.78 Å². The number of Topliss-reactive ketones (excluding diaryl/α,β-unsaturated/α-hetero) is 1. The standard InChI is InChI=1S/C14H19ClO2/c1-11-6-7-14(13(10-11)12(2)16)17-9-5-3-4-8-15/h6-7,10H,3-5,8-9H2,1-2H3. The number of halogens is 1. The molecule has 0 aliphatic carbocycles. The number of aryl methyl sites for hydroxylation is 1. The third-order valence-electron chi connectivity index (χ3n) is 2.55. The highest BCUT2D eigenvalue weighted by molar-refractivity contribution is 6.17. The van der Waals surface area contributed by atoms with Crippen molar-refractivity contribution in [2.45, 2.75) is 33.1 Å². The molecule has 94 valence electrons. The SMILES string of the molecule is CC(=O)c1cc(C)ccc1OCCCCCCl. The van der Waals surface area contributed by atoms with E-state index in [1.807, 2.05) is 25.1 Å². The lowest BCUT2D eigenvalue weighted by atomic mass is 10.1. The van der Waals surface area contributed by atoms with Gasteiger partial charge in [-0.15, -0.1) is 11.6 Å². The van der Waals surface area contributed by atoms with Crippen LogP contribution >= 0.6 is 11.6 Å². The Bertz CT molecular complexity index is 374. The van der Waals surface area contributed by atoms with E-state index in [1.54, 1.807) is 6.92 Å². The van der Waals surface area contributed by atoms with Crippen LogP contribution in [0.1, 0.15) is 42.1 Å². The summed E-state index contributed by atoms with van der Waals surface area (Å²) in [5.41, 5.74) is 1.74. The first-order valence-corrected chi connectivity index (χ1v) is 6.49. The number of unbranched alkanes of at least 4 members (excludes halogenated alkanes) is 2. The van der Waals surface area contributed by atoms with Gasteiger partial charge in [0.2, 0.25) is 0 Å². The predicted molar refractivity (Wildman–Crippen MR) is 71.2 cm³/mol. The Hall–Kier alpha value is -1.02. The normalized spacial score (nSPS) is 10.3. The summed E-state index contributed by atoms with van der Waals surface area (Å²) in [6.07, 6.45) is 3.04. The summed E-state index contributed by atoms with van der Waals surface area (Å²) in [7, 11) is 0. The zero-order chi connectivity index (χ0) is 12.7. The van der Waals surface area contributed by atoms with Crippen LogP contribution in [0.25, 0.3) is 0 Å². The minimum Gasteiger partial charge on any atom is -0.493 e. The molecule has 0 aliphatic rings. The molecule has 0 heterocycles. The molecule has 0 N–H and O–H groups in total. The Morgan fingerprint density at radius 3 is 2.71 bits per heavy atom. The second-order valence-electron chi connectivity index (χ2n) is 4.15. The van der Waals surface area contributed by atoms with Crippen LogP contribution in [0.3, 0.4) is 0 Å². The maximum absolute atomic E-state index is 11.5. The molecule has 17 heavy (non-hydrogen) atoms. The zero-order valence-electron chi connectivity index (χ0n) is 10.5. The summed E-state index contributed by atoms with van der Waals surface area (Å²) >= 11 is 5.60. The molecule has 0 atom stereocenters. The Kier molecular flexibility index (Phi) is 6.06. The highest BCUT2D eigenvalue weighted by atomic mass is 35.5. The zero-order valence-corrected chi connectivity index (χ0v) is 11.2. The van der Waals surface area contributed by atoms with Crippen LogP contribution in [0.2, 0.25) is 0 Å². The van der Waals surface area contributed by atoms with E-state index >= 15 is 0 Å². The molecule has 0 aliphatic heterocycles. The van der Waals surface area contributed by atoms with Gasteiger partial charge < -0.3 is 4.74 Å². The van der Waals surface area contributed by atoms with E-state index in [0.717, 1.165) is 24.8 Å². The van der Waals surface area contributed by atoms with Crippen molar-refractivity contribution in [3.05, 3.63) is 29.3 Å². The maximum atomic E-state index is 11.5. The number of ketones is 1. The van der Waals surface area contributed by atoms with Crippen molar-refractivity contribution in [3.8, 4) is 5.75 Å². The number of hydrogen-bond acceptors (Lipinski definition) is 2. The smallest absolute Gasteiger partial charge is 0.163 e. The fourth-order valence-corrected chi connectivity index (χ4v) is 1.79. The molecule has 0 unspecified atom stereocenters. The number of rotatable bonds is 7. The molecular weight excluding hydrogens is 236 g/mol. The Balaban J connectivity index is 2.55. The van der Waals surface area contributed by atoms with Crippen LogP contribution in [0, 0.1) is 6.92 Å². The molecule has 3 heteroatoms. The molecule has 0 saturated heterocycles. The third kappa shape index (κ3) is 4.78. The average Bonchev–Trinajstić information content (AvgIpc) is 2.30. The van der Waals surface area contributed by atoms with Gasteiger partial charge in [-0.05, 0) is 45.2 Å². The van der Waals surface area contributed by atoms with Gasteiger partial charge in [-0.25, -0.2) is 0 Å². The summed E-state index contributed by atoms with van der Waals surface area (Å²) in [6, 6.07) is 5.70. The highest BCUT2D eigenvalue weighted by Crippen LogP contribution is 2.20. The minimum absolute atomic E-state index is 0.0458. The van der Waals surface area contributed by atoms with Gasteiger partial charge in [0, 0.05) is 5.88 Å². The van der Waals surface area contributed by atoms with Crippen LogP contribution < -0.4 is 4.74 Å². The molecule has 0 aromatic heterocycles. The summed E-state index contributed by atoms with van der Waals surface area (Å²) in [5, 5.41) is 0. The molecule has 1 aromatic rings. The van der Waals surface area contributed by atoms with Crippen molar-refractivity contribution < 1.29 is 9.53 Å². The molecule has 0 radical (unpaired) electrons. The summed E-state index contributed by atoms with van der Waals surface area (Å²) in [4.78, 5) is 11.5. The lowest BCUT2D eigenvalue weighted by Crippen LogP contribution is -2.03. The molecule has 0 spiro atoms. The largest absolute Gasteiger partial charge is 0.493 e. The molecule has 2 nitrogen and oxygen atoms in total. The molecular formula is C14H19ClO2. The van der Waals surface area contributed by atoms with Crippen LogP contribution in [0.5, 0.6) is 5.75 Å². The number of alkyl halides is 1. The first kappa shape index (κ1) is 14.0. The molecule has 0 bridgehead atoms. The van der Waals surface area contributed by atoms with Gasteiger partial charge in [0.1, 0.15) is 5.75 Å². The fraction of sp³-hybridized carbons (Fsp3) is 0.500. The fourth-order valence-electron chi connectivity index (χ4n) is 1.60. The maximum Gasteiger partial charge on any atom is 0.163 e. The van der Waals surface area contributed by atoms with Crippen molar-refractivity contribution in [1.29, 1.82) is 0 Å². The minimum atomic E-state index is 0.0458. The summed E-state index contributed by atoms with van der Waals surface area (Å²) in [5.74, 6) is 1.43. The van der Waals surface area contributed by atoms with E-state index in [0.29, 0.717) is 23.8 Å². The van der Waals surface area contributed by atoms with Crippen LogP contribution in [0.15, 0.2) is 18.2 Å². The van der Waals surface area contributed by atoms with Gasteiger partial charge in [0.25, 0.3) is 0 Å². The summed E-state index contributed by atoms with van der Waals surface area (Å²) < 4.78 is 5.64. The molecule has 1 aromatic carbocycles. The monoisotopic (exact) mass is 254 g/mol. The average molecular weight is 255 g/mol. The Labute approximate surface area is 108 Å². The number of benzene rings is 1. The topological polar surface area (TPSA) is 26.3 Å². The van der Waals surface area contributed by atoms with Gasteiger partial charge >= 0.3 is 0 Å². The van der Waals surface area contributed by atoms with Crippen LogP contribution in [-0.4, -0.2) is 18.3 Å². The number of hydrogen-bond donors (Lipinski definition) is 0. The van der Waals surface area contributed by atoms with Crippen LogP contribution in [0.4, 0.5) is 0 Å². The van der Waals surface area contributed by atoms with Crippen LogP contribution in [-0.2, 0) is 0 Å². The third-order valence-corrected chi connectivity index (χ3v) is 2.82. The van der Waals surface area contributed by atoms with Gasteiger partial charge in [0.05, 0.1) is 12.2 Å². The van der Waals surface area contributed by atoms with E-state index in [4.69, 9.17) is 16.3 Å². The highest BCUT2D eigenvalue weighted by Gasteiger charge is 2.08. The van der Waals surface area contributed by atoms with Crippen molar-refractivity contribution in [2.24, 2.45) is 0 Å². The van der Waals surface area contributed by atoms with Gasteiger partial charge in [-0.2, -0.15) is 0 Å². The second-order valence-corrected chi connectivity index (χ2v) is 4.53. The number of ether oxygens (including phenoxy) is 1. The van der Waals surface area contributed by atoms with E-state index in [1.165, 1.54) is 0 Å². The first-order valence-electron chi connectivity index (χ1n) is 5.95. The number of carbonyl (C=O) groups is 1. The van der Waals surface area contributed by atoms with Gasteiger partial charge in [-0.3, -0.25) is 4.79 Å². The van der Waals surface area contributed by atoms with Gasteiger partial charge in [-0.1, -0.05) is 11.6 Å². The Morgan fingerprint density at radius 1 is 1.29 bits per heavy atom. The molecule has 0 fully saturated rings. The molecule has 0 saturated carbocycles. The van der Waals surface area contributed by atoms with Gasteiger partial charge in [0.15, 0.2) is 5.78 Å². The van der Waals surface area contributed by atoms with Crippen molar-refractivity contribution in [3.63, 3.8) is 0 Å². The Morgan fingerprint density at radius 2 is 2.06 bits per heavy atom. The van der Waals surface area contributed by atoms with Crippen molar-refractivity contribution >= 4 is 17.4 Å². The van der Waals surface area contributed by atoms with Crippen molar-refractivity contribution in [1.82, 2.24) is 0 Å². The predicted octanol–water partition coefficient (Wildman–Crippen LogP) is 3.99. The van der Waals surface area contributed by atoms with E-state index < -0.39 is 0 Å². The van der Waals surface area contributed by atoms with E-state index in [2.05, 4.69) is 0 Å². The lowest BCUT2D eigenvalue weighted by molar-refractivity contribution is 0.101. The lowest BCUT2D eigenvalue weighted by Gasteiger charge is -2.10. The molecule has 1 rings (SSSR count).